The summed E-state index contributed by atoms with van der Waals surface area (Å²) >= 11 is 0. The fourth-order valence-corrected chi connectivity index (χ4v) is 1.81. The molecular formula is C15H18FN3. The van der Waals surface area contributed by atoms with E-state index >= 15 is 0 Å². The van der Waals surface area contributed by atoms with Crippen molar-refractivity contribution in [3.8, 4) is 0 Å². The van der Waals surface area contributed by atoms with Gasteiger partial charge in [0.05, 0.1) is 0 Å². The first-order valence-electron chi connectivity index (χ1n) is 6.35. The molecule has 0 spiro atoms. The number of aromatic nitrogens is 1. The van der Waals surface area contributed by atoms with Crippen LogP contribution in [0.25, 0.3) is 0 Å². The molecule has 0 fully saturated rings. The third kappa shape index (κ3) is 3.51. The standard InChI is InChI=1S/C15H18FN3/c1-3-17-10-12-7-8-15(18-11-12)19(2)14-6-4-5-13(16)9-14/h4-9,11,17H,3,10H2,1-2H3. The number of halogens is 1. The van der Waals surface area contributed by atoms with Crippen molar-refractivity contribution in [2.45, 2.75) is 13.5 Å². The molecule has 1 N–H and O–H groups in total. The quantitative estimate of drug-likeness (QED) is 0.894. The molecule has 0 aliphatic rings. The molecule has 19 heavy (non-hydrogen) atoms. The molecule has 0 aliphatic heterocycles. The number of anilines is 2. The summed E-state index contributed by atoms with van der Waals surface area (Å²) in [7, 11) is 1.88. The maximum atomic E-state index is 13.2. The Bertz CT molecular complexity index is 525. The first-order valence-corrected chi connectivity index (χ1v) is 6.35. The van der Waals surface area contributed by atoms with E-state index in [4.69, 9.17) is 0 Å². The van der Waals surface area contributed by atoms with E-state index in [0.29, 0.717) is 0 Å². The minimum atomic E-state index is -0.242. The minimum Gasteiger partial charge on any atom is -0.329 e. The number of benzene rings is 1. The lowest BCUT2D eigenvalue weighted by atomic mass is 10.2. The summed E-state index contributed by atoms with van der Waals surface area (Å²) in [5, 5.41) is 3.25. The SMILES string of the molecule is CCNCc1ccc(N(C)c2cccc(F)c2)nc1. The highest BCUT2D eigenvalue weighted by atomic mass is 19.1. The minimum absolute atomic E-state index is 0.242. The second-order valence-electron chi connectivity index (χ2n) is 4.34. The molecule has 4 heteroatoms. The average Bonchev–Trinajstić information content (AvgIpc) is 2.45. The van der Waals surface area contributed by atoms with E-state index in [-0.39, 0.29) is 5.82 Å². The van der Waals surface area contributed by atoms with Gasteiger partial charge in [-0.25, -0.2) is 9.37 Å². The van der Waals surface area contributed by atoms with Crippen LogP contribution in [0, 0.1) is 5.82 Å². The first-order chi connectivity index (χ1) is 9.20. The number of nitrogens with zero attached hydrogens (tertiary/aromatic N) is 2. The first kappa shape index (κ1) is 13.5. The molecule has 2 aromatic rings. The highest BCUT2D eigenvalue weighted by Crippen LogP contribution is 2.22. The third-order valence-corrected chi connectivity index (χ3v) is 2.93. The van der Waals surface area contributed by atoms with Crippen LogP contribution in [0.5, 0.6) is 0 Å². The van der Waals surface area contributed by atoms with Gasteiger partial charge >= 0.3 is 0 Å². The van der Waals surface area contributed by atoms with Crippen molar-refractivity contribution in [1.82, 2.24) is 10.3 Å². The molecule has 3 nitrogen and oxygen atoms in total. The van der Waals surface area contributed by atoms with Crippen LogP contribution in [0.4, 0.5) is 15.9 Å². The molecule has 100 valence electrons. The highest BCUT2D eigenvalue weighted by Gasteiger charge is 2.06. The number of pyridine rings is 1. The Morgan fingerprint density at radius 1 is 1.26 bits per heavy atom. The van der Waals surface area contributed by atoms with Gasteiger partial charge in [0, 0.05) is 25.5 Å². The molecule has 0 atom stereocenters. The summed E-state index contributed by atoms with van der Waals surface area (Å²) in [4.78, 5) is 6.26. The molecule has 1 heterocycles. The second-order valence-corrected chi connectivity index (χ2v) is 4.34. The van der Waals surface area contributed by atoms with Crippen LogP contribution in [0.2, 0.25) is 0 Å². The Balaban J connectivity index is 2.13. The van der Waals surface area contributed by atoms with Crippen molar-refractivity contribution in [2.75, 3.05) is 18.5 Å². The summed E-state index contributed by atoms with van der Waals surface area (Å²) in [6, 6.07) is 10.5. The zero-order valence-electron chi connectivity index (χ0n) is 11.2. The fourth-order valence-electron chi connectivity index (χ4n) is 1.81. The van der Waals surface area contributed by atoms with E-state index in [9.17, 15) is 4.39 Å². The van der Waals surface area contributed by atoms with Crippen molar-refractivity contribution >= 4 is 11.5 Å². The molecule has 1 aromatic heterocycles. The Hall–Kier alpha value is -1.94. The Labute approximate surface area is 113 Å². The molecule has 0 amide bonds. The predicted octanol–water partition coefficient (Wildman–Crippen LogP) is 3.10. The number of hydrogen-bond donors (Lipinski definition) is 1. The van der Waals surface area contributed by atoms with E-state index in [2.05, 4.69) is 17.2 Å². The van der Waals surface area contributed by atoms with Crippen LogP contribution >= 0.6 is 0 Å². The lowest BCUT2D eigenvalue weighted by Gasteiger charge is -2.18. The second kappa shape index (κ2) is 6.29. The van der Waals surface area contributed by atoms with E-state index in [1.807, 2.05) is 36.3 Å². The number of nitrogens with one attached hydrogen (secondary N) is 1. The van der Waals surface area contributed by atoms with Gasteiger partial charge < -0.3 is 10.2 Å². The van der Waals surface area contributed by atoms with Crippen LogP contribution in [-0.2, 0) is 6.54 Å². The third-order valence-electron chi connectivity index (χ3n) is 2.93. The largest absolute Gasteiger partial charge is 0.329 e. The monoisotopic (exact) mass is 259 g/mol. The van der Waals surface area contributed by atoms with Crippen LogP contribution in [0.1, 0.15) is 12.5 Å². The maximum absolute atomic E-state index is 13.2. The molecule has 0 radical (unpaired) electrons. The van der Waals surface area contributed by atoms with Gasteiger partial charge in [0.15, 0.2) is 0 Å². The van der Waals surface area contributed by atoms with Crippen molar-refractivity contribution in [3.63, 3.8) is 0 Å². The highest BCUT2D eigenvalue weighted by molar-refractivity contribution is 5.58. The Kier molecular flexibility index (Phi) is 4.47. The fraction of sp³-hybridized carbons (Fsp3) is 0.267. The van der Waals surface area contributed by atoms with Crippen LogP contribution in [-0.4, -0.2) is 18.6 Å². The molecule has 1 aromatic carbocycles. The van der Waals surface area contributed by atoms with Crippen molar-refractivity contribution in [1.29, 1.82) is 0 Å². The topological polar surface area (TPSA) is 28.2 Å². The summed E-state index contributed by atoms with van der Waals surface area (Å²) in [5.41, 5.74) is 1.92. The van der Waals surface area contributed by atoms with Gasteiger partial charge in [0.1, 0.15) is 11.6 Å². The maximum Gasteiger partial charge on any atom is 0.132 e. The normalized spacial score (nSPS) is 10.5. The van der Waals surface area contributed by atoms with Gasteiger partial charge in [-0.05, 0) is 36.4 Å². The van der Waals surface area contributed by atoms with Gasteiger partial charge in [0.2, 0.25) is 0 Å². The molecule has 0 saturated carbocycles. The van der Waals surface area contributed by atoms with Gasteiger partial charge in [-0.3, -0.25) is 0 Å². The lowest BCUT2D eigenvalue weighted by Crippen LogP contribution is -2.14. The lowest BCUT2D eigenvalue weighted by molar-refractivity contribution is 0.628. The van der Waals surface area contributed by atoms with E-state index in [1.54, 1.807) is 6.07 Å². The number of hydrogen-bond acceptors (Lipinski definition) is 3. The molecule has 0 saturated heterocycles. The molecule has 0 aliphatic carbocycles. The molecule has 0 bridgehead atoms. The van der Waals surface area contributed by atoms with E-state index in [0.717, 1.165) is 30.2 Å². The molecule has 2 rings (SSSR count). The van der Waals surface area contributed by atoms with E-state index in [1.165, 1.54) is 12.1 Å². The zero-order valence-corrected chi connectivity index (χ0v) is 11.2. The summed E-state index contributed by atoms with van der Waals surface area (Å²) in [6.45, 7) is 3.82. The summed E-state index contributed by atoms with van der Waals surface area (Å²) in [6.07, 6.45) is 1.84. The molecular weight excluding hydrogens is 241 g/mol. The van der Waals surface area contributed by atoms with Crippen molar-refractivity contribution < 1.29 is 4.39 Å². The van der Waals surface area contributed by atoms with Gasteiger partial charge in [-0.15, -0.1) is 0 Å². The van der Waals surface area contributed by atoms with Crippen LogP contribution < -0.4 is 10.2 Å². The average molecular weight is 259 g/mol. The van der Waals surface area contributed by atoms with Crippen molar-refractivity contribution in [2.24, 2.45) is 0 Å². The van der Waals surface area contributed by atoms with Crippen LogP contribution in [0.15, 0.2) is 42.6 Å². The van der Waals surface area contributed by atoms with Crippen molar-refractivity contribution in [3.05, 3.63) is 54.0 Å². The Morgan fingerprint density at radius 2 is 2.11 bits per heavy atom. The predicted molar refractivity (Wildman–Crippen MR) is 76.1 cm³/mol. The number of rotatable bonds is 5. The zero-order chi connectivity index (χ0) is 13.7. The van der Waals surface area contributed by atoms with E-state index < -0.39 is 0 Å². The van der Waals surface area contributed by atoms with Crippen LogP contribution in [0.3, 0.4) is 0 Å². The van der Waals surface area contributed by atoms with Gasteiger partial charge in [-0.2, -0.15) is 0 Å². The van der Waals surface area contributed by atoms with Gasteiger partial charge in [0.25, 0.3) is 0 Å². The summed E-state index contributed by atoms with van der Waals surface area (Å²) in [5.74, 6) is 0.555. The Morgan fingerprint density at radius 3 is 2.74 bits per heavy atom. The van der Waals surface area contributed by atoms with Gasteiger partial charge in [-0.1, -0.05) is 19.1 Å². The summed E-state index contributed by atoms with van der Waals surface area (Å²) < 4.78 is 13.2. The smallest absolute Gasteiger partial charge is 0.132 e. The molecule has 0 unspecified atom stereocenters.